The predicted molar refractivity (Wildman–Crippen MR) is 172 cm³/mol. The van der Waals surface area contributed by atoms with Crippen LogP contribution in [0.25, 0.3) is 0 Å². The number of hydrogen-bond acceptors (Lipinski definition) is 0. The summed E-state index contributed by atoms with van der Waals surface area (Å²) < 4.78 is 0. The van der Waals surface area contributed by atoms with Crippen LogP contribution >= 0.6 is 0 Å². The second-order valence-electron chi connectivity index (χ2n) is 10.2. The van der Waals surface area contributed by atoms with Crippen LogP contribution in [0.5, 0.6) is 0 Å². The SMILES string of the molecule is C=C.C=C.C=C(CCc1ccccc1)Cc1ccc(C)cc1.C=C(Cc1ccccc1)C1CCC(C)CC1. The van der Waals surface area contributed by atoms with E-state index in [1.807, 2.05) is 0 Å². The average Bonchev–Trinajstić information content (AvgIpc) is 2.97. The van der Waals surface area contributed by atoms with Crippen LogP contribution in [0.3, 0.4) is 0 Å². The molecule has 0 aromatic heterocycles. The van der Waals surface area contributed by atoms with Crippen molar-refractivity contribution in [3.05, 3.63) is 158 Å². The molecule has 0 spiro atoms. The summed E-state index contributed by atoms with van der Waals surface area (Å²) in [5.74, 6) is 1.71. The Morgan fingerprint density at radius 2 is 1.11 bits per heavy atom. The summed E-state index contributed by atoms with van der Waals surface area (Å²) in [6.07, 6.45) is 9.70. The third kappa shape index (κ3) is 13.2. The first-order chi connectivity index (χ1) is 18.5. The fourth-order valence-electron chi connectivity index (χ4n) is 4.72. The molecule has 0 heteroatoms. The van der Waals surface area contributed by atoms with E-state index in [0.29, 0.717) is 0 Å². The largest absolute Gasteiger partial charge is 0.106 e. The maximum absolute atomic E-state index is 4.30. The van der Waals surface area contributed by atoms with E-state index in [-0.39, 0.29) is 0 Å². The molecule has 0 atom stereocenters. The molecule has 0 amide bonds. The van der Waals surface area contributed by atoms with Crippen molar-refractivity contribution >= 4 is 0 Å². The van der Waals surface area contributed by atoms with Crippen molar-refractivity contribution in [3.63, 3.8) is 0 Å². The Hall–Kier alpha value is -3.38. The number of allylic oxidation sites excluding steroid dienone is 2. The molecule has 0 N–H and O–H groups in total. The summed E-state index contributed by atoms with van der Waals surface area (Å²) in [6.45, 7) is 25.0. The zero-order valence-electron chi connectivity index (χ0n) is 24.1. The van der Waals surface area contributed by atoms with Crippen molar-refractivity contribution in [2.45, 2.75) is 65.2 Å². The number of hydrogen-bond donors (Lipinski definition) is 0. The van der Waals surface area contributed by atoms with Gasteiger partial charge in [-0.25, -0.2) is 0 Å². The third-order valence-electron chi connectivity index (χ3n) is 7.05. The lowest BCUT2D eigenvalue weighted by Crippen LogP contribution is -2.14. The van der Waals surface area contributed by atoms with Gasteiger partial charge < -0.3 is 0 Å². The molecule has 0 aliphatic heterocycles. The van der Waals surface area contributed by atoms with Crippen LogP contribution < -0.4 is 0 Å². The molecule has 202 valence electrons. The Morgan fingerprint density at radius 3 is 1.63 bits per heavy atom. The highest BCUT2D eigenvalue weighted by Gasteiger charge is 2.20. The maximum atomic E-state index is 4.30. The Balaban J connectivity index is 0.000000338. The van der Waals surface area contributed by atoms with E-state index in [1.54, 1.807) is 0 Å². The molecule has 3 aromatic carbocycles. The highest BCUT2D eigenvalue weighted by Crippen LogP contribution is 2.33. The van der Waals surface area contributed by atoms with E-state index >= 15 is 0 Å². The Labute approximate surface area is 234 Å². The van der Waals surface area contributed by atoms with Gasteiger partial charge in [0.05, 0.1) is 0 Å². The molecule has 0 bridgehead atoms. The summed E-state index contributed by atoms with van der Waals surface area (Å²) >= 11 is 0. The minimum atomic E-state index is 0.774. The first-order valence-corrected chi connectivity index (χ1v) is 14.0. The fraction of sp³-hybridized carbons (Fsp3) is 0.316. The van der Waals surface area contributed by atoms with Crippen LogP contribution in [0.15, 0.2) is 136 Å². The van der Waals surface area contributed by atoms with Gasteiger partial charge in [0, 0.05) is 0 Å². The van der Waals surface area contributed by atoms with Crippen molar-refractivity contribution in [3.8, 4) is 0 Å². The van der Waals surface area contributed by atoms with Crippen LogP contribution in [0, 0.1) is 18.8 Å². The Bertz CT molecular complexity index is 1020. The van der Waals surface area contributed by atoms with Gasteiger partial charge in [-0.3, -0.25) is 0 Å². The van der Waals surface area contributed by atoms with Crippen LogP contribution in [-0.2, 0) is 19.3 Å². The van der Waals surface area contributed by atoms with E-state index in [0.717, 1.165) is 37.5 Å². The van der Waals surface area contributed by atoms with Crippen LogP contribution in [0.1, 0.15) is 61.3 Å². The van der Waals surface area contributed by atoms with E-state index in [9.17, 15) is 0 Å². The van der Waals surface area contributed by atoms with Crippen LogP contribution in [0.4, 0.5) is 0 Å². The molecule has 0 saturated heterocycles. The van der Waals surface area contributed by atoms with Crippen molar-refractivity contribution in [2.24, 2.45) is 11.8 Å². The smallest absolute Gasteiger partial charge is 0.00670 e. The molecular weight excluding hydrogens is 456 g/mol. The Morgan fingerprint density at radius 1 is 0.632 bits per heavy atom. The molecule has 38 heavy (non-hydrogen) atoms. The van der Waals surface area contributed by atoms with Gasteiger partial charge in [0.2, 0.25) is 0 Å². The molecule has 0 radical (unpaired) electrons. The van der Waals surface area contributed by atoms with Gasteiger partial charge >= 0.3 is 0 Å². The number of aryl methyl sites for hydroxylation is 2. The molecule has 1 fully saturated rings. The predicted octanol–water partition coefficient (Wildman–Crippen LogP) is 10.9. The van der Waals surface area contributed by atoms with Crippen molar-refractivity contribution in [2.75, 3.05) is 0 Å². The summed E-state index contributed by atoms with van der Waals surface area (Å²) in [6, 6.07) is 30.1. The zero-order valence-corrected chi connectivity index (χ0v) is 24.1. The minimum absolute atomic E-state index is 0.774. The van der Waals surface area contributed by atoms with E-state index in [2.05, 4.69) is 138 Å². The fourth-order valence-corrected chi connectivity index (χ4v) is 4.72. The lowest BCUT2D eigenvalue weighted by Gasteiger charge is -2.27. The number of benzene rings is 3. The van der Waals surface area contributed by atoms with Crippen molar-refractivity contribution in [1.82, 2.24) is 0 Å². The molecule has 1 aliphatic carbocycles. The van der Waals surface area contributed by atoms with E-state index in [4.69, 9.17) is 0 Å². The lowest BCUT2D eigenvalue weighted by molar-refractivity contribution is 0.318. The molecule has 0 unspecified atom stereocenters. The Kier molecular flexibility index (Phi) is 16.9. The molecule has 4 rings (SSSR count). The zero-order chi connectivity index (χ0) is 28.2. The van der Waals surface area contributed by atoms with Gasteiger partial charge in [-0.2, -0.15) is 0 Å². The van der Waals surface area contributed by atoms with Crippen molar-refractivity contribution in [1.29, 1.82) is 0 Å². The summed E-state index contributed by atoms with van der Waals surface area (Å²) in [7, 11) is 0. The maximum Gasteiger partial charge on any atom is -0.00670 e. The standard InChI is InChI=1S/C18H20.C16H22.2C2H4/c1-15-8-12-18(13-9-15)14-16(2)10-11-17-6-4-3-5-7-17;1-13-8-10-16(11-9-13)14(2)12-15-6-4-3-5-7-15;2*1-2/h3-9,12-13H,2,10-11,14H2,1H3;3-7,13,16H,2,8-12H2,1H3;2*1-2H2. The van der Waals surface area contributed by atoms with E-state index < -0.39 is 0 Å². The highest BCUT2D eigenvalue weighted by molar-refractivity contribution is 5.26. The first kappa shape index (κ1) is 32.6. The second kappa shape index (κ2) is 19.7. The normalized spacial score (nSPS) is 15.7. The third-order valence-corrected chi connectivity index (χ3v) is 7.05. The van der Waals surface area contributed by atoms with Gasteiger partial charge in [-0.1, -0.05) is 135 Å². The minimum Gasteiger partial charge on any atom is -0.106 e. The molecule has 0 heterocycles. The first-order valence-electron chi connectivity index (χ1n) is 14.0. The van der Waals surface area contributed by atoms with Gasteiger partial charge in [0.1, 0.15) is 0 Å². The topological polar surface area (TPSA) is 0 Å². The summed E-state index contributed by atoms with van der Waals surface area (Å²) in [5, 5.41) is 0. The number of rotatable bonds is 8. The lowest BCUT2D eigenvalue weighted by atomic mass is 9.78. The highest BCUT2D eigenvalue weighted by atomic mass is 14.3. The van der Waals surface area contributed by atoms with Gasteiger partial charge in [0.15, 0.2) is 0 Å². The van der Waals surface area contributed by atoms with Gasteiger partial charge in [-0.05, 0) is 74.0 Å². The second-order valence-corrected chi connectivity index (χ2v) is 10.2. The molecule has 3 aromatic rings. The van der Waals surface area contributed by atoms with Crippen LogP contribution in [-0.4, -0.2) is 0 Å². The summed E-state index contributed by atoms with van der Waals surface area (Å²) in [4.78, 5) is 0. The quantitative estimate of drug-likeness (QED) is 0.266. The van der Waals surface area contributed by atoms with Gasteiger partial charge in [-0.15, -0.1) is 26.3 Å². The molecule has 1 saturated carbocycles. The summed E-state index contributed by atoms with van der Waals surface area (Å²) in [5.41, 5.74) is 8.22. The monoisotopic (exact) mass is 506 g/mol. The van der Waals surface area contributed by atoms with Gasteiger partial charge in [0.25, 0.3) is 0 Å². The average molecular weight is 507 g/mol. The molecular formula is C38H50. The molecule has 1 aliphatic rings. The van der Waals surface area contributed by atoms with Crippen LogP contribution in [0.2, 0.25) is 0 Å². The van der Waals surface area contributed by atoms with E-state index in [1.165, 1.54) is 59.1 Å². The van der Waals surface area contributed by atoms with Crippen molar-refractivity contribution < 1.29 is 0 Å². The molecule has 0 nitrogen and oxygen atoms in total.